The number of rotatable bonds is 5. The Bertz CT molecular complexity index is 1190. The molecule has 1 aliphatic carbocycles. The lowest BCUT2D eigenvalue weighted by Crippen LogP contribution is -2.22. The van der Waals surface area contributed by atoms with Gasteiger partial charge in [-0.25, -0.2) is 0 Å². The van der Waals surface area contributed by atoms with Crippen LogP contribution in [-0.4, -0.2) is 32.7 Å². The number of aromatic hydroxyl groups is 3. The molecule has 31 heavy (non-hydrogen) atoms. The molecule has 160 valence electrons. The Balaban J connectivity index is 2.08. The molecule has 0 saturated carbocycles. The van der Waals surface area contributed by atoms with Crippen molar-refractivity contribution in [1.29, 1.82) is 0 Å². The second kappa shape index (κ2) is 8.22. The Morgan fingerprint density at radius 2 is 1.55 bits per heavy atom. The number of benzene rings is 2. The van der Waals surface area contributed by atoms with Crippen molar-refractivity contribution in [2.75, 3.05) is 0 Å². The molecule has 6 heteroatoms. The summed E-state index contributed by atoms with van der Waals surface area (Å²) >= 11 is 0. The largest absolute Gasteiger partial charge is 0.507 e. The third kappa shape index (κ3) is 4.01. The SMILES string of the molecule is CC(C)=CCCC(C)=CC(=O)c1c(O)cc2c(c1O)C(=O)c1c(O)cc(C)cc1C2=O. The summed E-state index contributed by atoms with van der Waals surface area (Å²) in [5.41, 5.74) is 1.18. The number of hydrogen-bond acceptors (Lipinski definition) is 6. The Morgan fingerprint density at radius 1 is 0.903 bits per heavy atom. The maximum absolute atomic E-state index is 13.0. The molecular weight excluding hydrogens is 396 g/mol. The Hall–Kier alpha value is -3.67. The molecule has 1 aliphatic rings. The molecule has 0 heterocycles. The molecule has 0 unspecified atom stereocenters. The van der Waals surface area contributed by atoms with E-state index < -0.39 is 40.0 Å². The van der Waals surface area contributed by atoms with E-state index in [1.54, 1.807) is 13.8 Å². The summed E-state index contributed by atoms with van der Waals surface area (Å²) in [6.07, 6.45) is 4.68. The lowest BCUT2D eigenvalue weighted by molar-refractivity contribution is 0.0972. The van der Waals surface area contributed by atoms with Crippen LogP contribution >= 0.6 is 0 Å². The minimum atomic E-state index is -0.780. The van der Waals surface area contributed by atoms with Crippen LogP contribution in [0, 0.1) is 6.92 Å². The minimum absolute atomic E-state index is 0.0112. The van der Waals surface area contributed by atoms with Crippen molar-refractivity contribution in [3.63, 3.8) is 0 Å². The van der Waals surface area contributed by atoms with E-state index in [0.29, 0.717) is 12.0 Å². The predicted octanol–water partition coefficient (Wildman–Crippen LogP) is 4.76. The van der Waals surface area contributed by atoms with Gasteiger partial charge in [-0.3, -0.25) is 14.4 Å². The topological polar surface area (TPSA) is 112 Å². The molecule has 2 aromatic carbocycles. The number of phenolic OH excluding ortho intramolecular Hbond substituents is 3. The molecule has 3 rings (SSSR count). The summed E-state index contributed by atoms with van der Waals surface area (Å²) in [6.45, 7) is 7.37. The van der Waals surface area contributed by atoms with Crippen LogP contribution in [0.15, 0.2) is 41.5 Å². The van der Waals surface area contributed by atoms with Gasteiger partial charge in [0.05, 0.1) is 11.1 Å². The first-order chi connectivity index (χ1) is 14.5. The van der Waals surface area contributed by atoms with Crippen molar-refractivity contribution in [2.24, 2.45) is 0 Å². The summed E-state index contributed by atoms with van der Waals surface area (Å²) < 4.78 is 0. The predicted molar refractivity (Wildman–Crippen MR) is 116 cm³/mol. The van der Waals surface area contributed by atoms with Crippen molar-refractivity contribution < 1.29 is 29.7 Å². The molecule has 0 atom stereocenters. The van der Waals surface area contributed by atoms with Crippen LogP contribution in [0.4, 0.5) is 0 Å². The molecule has 0 spiro atoms. The number of aryl methyl sites for hydroxylation is 1. The average molecular weight is 420 g/mol. The molecule has 0 aliphatic heterocycles. The van der Waals surface area contributed by atoms with E-state index in [1.165, 1.54) is 18.2 Å². The zero-order valence-corrected chi connectivity index (χ0v) is 17.9. The summed E-state index contributed by atoms with van der Waals surface area (Å²) in [7, 11) is 0. The molecule has 0 saturated heterocycles. The van der Waals surface area contributed by atoms with Crippen LogP contribution in [0.3, 0.4) is 0 Å². The van der Waals surface area contributed by atoms with Crippen LogP contribution in [-0.2, 0) is 0 Å². The van der Waals surface area contributed by atoms with Gasteiger partial charge in [-0.2, -0.15) is 0 Å². The molecule has 0 fully saturated rings. The van der Waals surface area contributed by atoms with Crippen molar-refractivity contribution >= 4 is 17.3 Å². The molecule has 6 nitrogen and oxygen atoms in total. The van der Waals surface area contributed by atoms with Gasteiger partial charge in [-0.15, -0.1) is 0 Å². The average Bonchev–Trinajstić information content (AvgIpc) is 2.64. The summed E-state index contributed by atoms with van der Waals surface area (Å²) in [6, 6.07) is 3.83. The number of carbonyl (C=O) groups is 3. The highest BCUT2D eigenvalue weighted by Gasteiger charge is 2.37. The van der Waals surface area contributed by atoms with Gasteiger partial charge < -0.3 is 15.3 Å². The van der Waals surface area contributed by atoms with Gasteiger partial charge >= 0.3 is 0 Å². The number of allylic oxidation sites excluding steroid dienone is 4. The van der Waals surface area contributed by atoms with Gasteiger partial charge in [0.1, 0.15) is 22.8 Å². The van der Waals surface area contributed by atoms with E-state index >= 15 is 0 Å². The summed E-state index contributed by atoms with van der Waals surface area (Å²) in [5.74, 6) is -3.81. The second-order valence-corrected chi connectivity index (χ2v) is 8.08. The van der Waals surface area contributed by atoms with Crippen molar-refractivity contribution in [1.82, 2.24) is 0 Å². The molecule has 0 amide bonds. The highest BCUT2D eigenvalue weighted by atomic mass is 16.3. The smallest absolute Gasteiger partial charge is 0.201 e. The second-order valence-electron chi connectivity index (χ2n) is 8.08. The van der Waals surface area contributed by atoms with Crippen LogP contribution < -0.4 is 0 Å². The number of phenols is 3. The molecule has 2 aromatic rings. The number of hydrogen-bond donors (Lipinski definition) is 3. The molecule has 3 N–H and O–H groups in total. The van der Waals surface area contributed by atoms with E-state index in [1.807, 2.05) is 19.9 Å². The Morgan fingerprint density at radius 3 is 2.19 bits per heavy atom. The van der Waals surface area contributed by atoms with Crippen LogP contribution in [0.25, 0.3) is 0 Å². The van der Waals surface area contributed by atoms with Crippen molar-refractivity contribution in [3.05, 3.63) is 74.9 Å². The first-order valence-electron chi connectivity index (χ1n) is 9.89. The van der Waals surface area contributed by atoms with E-state index in [2.05, 4.69) is 0 Å². The molecule has 0 radical (unpaired) electrons. The summed E-state index contributed by atoms with van der Waals surface area (Å²) in [5, 5.41) is 31.4. The number of carbonyl (C=O) groups excluding carboxylic acids is 3. The maximum Gasteiger partial charge on any atom is 0.201 e. The highest BCUT2D eigenvalue weighted by molar-refractivity contribution is 6.31. The van der Waals surface area contributed by atoms with E-state index in [-0.39, 0.29) is 22.4 Å². The molecular formula is C25H24O6. The van der Waals surface area contributed by atoms with Crippen LogP contribution in [0.1, 0.15) is 81.4 Å². The minimum Gasteiger partial charge on any atom is -0.507 e. The Labute approximate surface area is 180 Å². The number of fused-ring (bicyclic) bond motifs is 2. The van der Waals surface area contributed by atoms with E-state index in [4.69, 9.17) is 0 Å². The highest BCUT2D eigenvalue weighted by Crippen LogP contribution is 2.42. The Kier molecular flexibility index (Phi) is 5.84. The first-order valence-corrected chi connectivity index (χ1v) is 9.89. The lowest BCUT2D eigenvalue weighted by Gasteiger charge is -2.21. The fourth-order valence-electron chi connectivity index (χ4n) is 3.72. The first kappa shape index (κ1) is 22.0. The van der Waals surface area contributed by atoms with E-state index in [9.17, 15) is 29.7 Å². The third-order valence-corrected chi connectivity index (χ3v) is 5.20. The van der Waals surface area contributed by atoms with Crippen LogP contribution in [0.5, 0.6) is 17.2 Å². The number of ketones is 3. The van der Waals surface area contributed by atoms with Crippen molar-refractivity contribution in [2.45, 2.75) is 40.5 Å². The lowest BCUT2D eigenvalue weighted by atomic mass is 9.81. The summed E-state index contributed by atoms with van der Waals surface area (Å²) in [4.78, 5) is 38.7. The van der Waals surface area contributed by atoms with Gasteiger partial charge in [0.15, 0.2) is 11.6 Å². The maximum atomic E-state index is 13.0. The van der Waals surface area contributed by atoms with E-state index in [0.717, 1.165) is 23.6 Å². The van der Waals surface area contributed by atoms with Gasteiger partial charge in [-0.05, 0) is 70.4 Å². The zero-order chi connectivity index (χ0) is 23.0. The molecule has 0 aromatic heterocycles. The van der Waals surface area contributed by atoms with Crippen LogP contribution in [0.2, 0.25) is 0 Å². The fraction of sp³-hybridized carbons (Fsp3) is 0.240. The zero-order valence-electron chi connectivity index (χ0n) is 17.9. The van der Waals surface area contributed by atoms with Crippen molar-refractivity contribution in [3.8, 4) is 17.2 Å². The third-order valence-electron chi connectivity index (χ3n) is 5.20. The van der Waals surface area contributed by atoms with Gasteiger partial charge in [0, 0.05) is 11.1 Å². The standard InChI is InChI=1S/C25H24O6/c1-12(2)6-5-7-13(3)9-18(27)22-19(28)11-16-21(25(22)31)24(30)20-15(23(16)29)8-14(4)10-17(20)26/h6,8-11,26,28,31H,5,7H2,1-4H3. The fourth-order valence-corrected chi connectivity index (χ4v) is 3.72. The molecule has 0 bridgehead atoms. The van der Waals surface area contributed by atoms with Gasteiger partial charge in [-0.1, -0.05) is 17.2 Å². The normalized spacial score (nSPS) is 13.0. The van der Waals surface area contributed by atoms with Gasteiger partial charge in [0.25, 0.3) is 0 Å². The quantitative estimate of drug-likeness (QED) is 0.312. The van der Waals surface area contributed by atoms with Gasteiger partial charge in [0.2, 0.25) is 5.78 Å². The monoisotopic (exact) mass is 420 g/mol.